The van der Waals surface area contributed by atoms with Crippen molar-refractivity contribution in [3.05, 3.63) is 29.3 Å². The molecule has 1 atom stereocenters. The molecular weight excluding hydrogens is 187 g/mol. The van der Waals surface area contributed by atoms with E-state index in [1.165, 1.54) is 25.3 Å². The Labute approximate surface area is 80.6 Å². The number of methoxy groups -OCH3 is 1. The van der Waals surface area contributed by atoms with Crippen LogP contribution in [0.4, 0.5) is 10.1 Å². The van der Waals surface area contributed by atoms with Crippen molar-refractivity contribution in [2.45, 2.75) is 6.36 Å². The van der Waals surface area contributed by atoms with Crippen molar-refractivity contribution in [1.29, 1.82) is 0 Å². The Hall–Kier alpha value is -1.62. The van der Waals surface area contributed by atoms with E-state index < -0.39 is 12.3 Å². The van der Waals surface area contributed by atoms with Crippen LogP contribution < -0.4 is 11.5 Å². The molecule has 5 heteroatoms. The number of amides is 1. The van der Waals surface area contributed by atoms with Gasteiger partial charge in [-0.15, -0.1) is 0 Å². The lowest BCUT2D eigenvalue weighted by Crippen LogP contribution is -2.15. The van der Waals surface area contributed by atoms with E-state index in [1.807, 2.05) is 0 Å². The molecule has 0 saturated carbocycles. The van der Waals surface area contributed by atoms with Gasteiger partial charge in [-0.25, -0.2) is 4.39 Å². The Balaban J connectivity index is 3.22. The minimum atomic E-state index is -1.69. The van der Waals surface area contributed by atoms with Crippen LogP contribution in [0, 0.1) is 0 Å². The Morgan fingerprint density at radius 2 is 2.21 bits per heavy atom. The number of carbonyl (C=O) groups excluding carboxylic acids is 1. The molecule has 1 amide bonds. The fraction of sp³-hybridized carbons (Fsp3) is 0.222. The van der Waals surface area contributed by atoms with Gasteiger partial charge in [0.2, 0.25) is 12.3 Å². The number of halogens is 1. The van der Waals surface area contributed by atoms with E-state index in [0.29, 0.717) is 5.69 Å². The first-order valence-corrected chi connectivity index (χ1v) is 3.92. The first kappa shape index (κ1) is 10.5. The first-order chi connectivity index (χ1) is 6.56. The molecule has 1 aromatic carbocycles. The zero-order valence-corrected chi connectivity index (χ0v) is 7.66. The maximum absolute atomic E-state index is 13.2. The van der Waals surface area contributed by atoms with Crippen LogP contribution in [0.5, 0.6) is 0 Å². The Morgan fingerprint density at radius 1 is 1.57 bits per heavy atom. The van der Waals surface area contributed by atoms with Gasteiger partial charge in [0.1, 0.15) is 0 Å². The van der Waals surface area contributed by atoms with Gasteiger partial charge in [-0.3, -0.25) is 4.79 Å². The summed E-state index contributed by atoms with van der Waals surface area (Å²) in [5.41, 5.74) is 11.0. The molecule has 1 unspecified atom stereocenters. The van der Waals surface area contributed by atoms with Crippen molar-refractivity contribution in [3.63, 3.8) is 0 Å². The van der Waals surface area contributed by atoms with Crippen molar-refractivity contribution >= 4 is 11.6 Å². The maximum atomic E-state index is 13.2. The lowest BCUT2D eigenvalue weighted by molar-refractivity contribution is -0.00711. The smallest absolute Gasteiger partial charge is 0.249 e. The minimum Gasteiger partial charge on any atom is -0.399 e. The van der Waals surface area contributed by atoms with E-state index in [-0.39, 0.29) is 11.1 Å². The fourth-order valence-corrected chi connectivity index (χ4v) is 1.12. The zero-order valence-electron chi connectivity index (χ0n) is 7.66. The second kappa shape index (κ2) is 4.06. The normalized spacial score (nSPS) is 12.4. The number of anilines is 1. The number of rotatable bonds is 3. The van der Waals surface area contributed by atoms with Gasteiger partial charge in [0.25, 0.3) is 0 Å². The summed E-state index contributed by atoms with van der Waals surface area (Å²) in [4.78, 5) is 10.9. The third-order valence-electron chi connectivity index (χ3n) is 1.79. The monoisotopic (exact) mass is 198 g/mol. The molecule has 0 spiro atoms. The van der Waals surface area contributed by atoms with Gasteiger partial charge in [0.15, 0.2) is 0 Å². The van der Waals surface area contributed by atoms with E-state index in [0.717, 1.165) is 0 Å². The average Bonchev–Trinajstić information content (AvgIpc) is 2.16. The second-order valence-electron chi connectivity index (χ2n) is 2.76. The fourth-order valence-electron chi connectivity index (χ4n) is 1.12. The number of primary amides is 1. The molecule has 0 aliphatic rings. The molecule has 76 valence electrons. The Bertz CT molecular complexity index is 355. The number of carbonyl (C=O) groups is 1. The molecule has 0 aliphatic heterocycles. The number of ether oxygens (including phenoxy) is 1. The molecule has 1 rings (SSSR count). The summed E-state index contributed by atoms with van der Waals surface area (Å²) in [5, 5.41) is 0. The predicted octanol–water partition coefficient (Wildman–Crippen LogP) is 0.982. The number of hydrogen-bond donors (Lipinski definition) is 2. The number of alkyl halides is 1. The second-order valence-corrected chi connectivity index (χ2v) is 2.76. The molecule has 4 N–H and O–H groups in total. The van der Waals surface area contributed by atoms with Crippen LogP contribution in [0.15, 0.2) is 18.2 Å². The van der Waals surface area contributed by atoms with E-state index in [9.17, 15) is 9.18 Å². The summed E-state index contributed by atoms with van der Waals surface area (Å²) in [5.74, 6) is -0.709. The van der Waals surface area contributed by atoms with Crippen molar-refractivity contribution in [1.82, 2.24) is 0 Å². The van der Waals surface area contributed by atoms with Gasteiger partial charge in [0, 0.05) is 23.9 Å². The zero-order chi connectivity index (χ0) is 10.7. The largest absolute Gasteiger partial charge is 0.399 e. The molecule has 0 aromatic heterocycles. The average molecular weight is 198 g/mol. The summed E-state index contributed by atoms with van der Waals surface area (Å²) in [6, 6.07) is 4.18. The van der Waals surface area contributed by atoms with Gasteiger partial charge in [-0.05, 0) is 18.2 Å². The van der Waals surface area contributed by atoms with Gasteiger partial charge < -0.3 is 16.2 Å². The lowest BCUT2D eigenvalue weighted by Gasteiger charge is -2.10. The van der Waals surface area contributed by atoms with Crippen LogP contribution in [-0.4, -0.2) is 13.0 Å². The SMILES string of the molecule is COC(F)c1cc(N)ccc1C(N)=O. The molecular formula is C9H11FN2O2. The standard InChI is InChI=1S/C9H11FN2O2/c1-14-8(10)7-4-5(11)2-3-6(7)9(12)13/h2-4,8H,11H2,1H3,(H2,12,13). The summed E-state index contributed by atoms with van der Waals surface area (Å²) >= 11 is 0. The number of benzene rings is 1. The van der Waals surface area contributed by atoms with Gasteiger partial charge in [0.05, 0.1) is 0 Å². The van der Waals surface area contributed by atoms with Crippen LogP contribution in [0.3, 0.4) is 0 Å². The highest BCUT2D eigenvalue weighted by Crippen LogP contribution is 2.24. The van der Waals surface area contributed by atoms with Crippen LogP contribution >= 0.6 is 0 Å². The minimum absolute atomic E-state index is 0.0556. The van der Waals surface area contributed by atoms with Crippen LogP contribution in [-0.2, 0) is 4.74 Å². The molecule has 14 heavy (non-hydrogen) atoms. The van der Waals surface area contributed by atoms with Crippen molar-refractivity contribution in [3.8, 4) is 0 Å². The molecule has 0 fully saturated rings. The van der Waals surface area contributed by atoms with Gasteiger partial charge >= 0.3 is 0 Å². The van der Waals surface area contributed by atoms with Crippen molar-refractivity contribution < 1.29 is 13.9 Å². The van der Waals surface area contributed by atoms with Crippen LogP contribution in [0.25, 0.3) is 0 Å². The Morgan fingerprint density at radius 3 is 2.71 bits per heavy atom. The highest BCUT2D eigenvalue weighted by molar-refractivity contribution is 5.94. The van der Waals surface area contributed by atoms with Crippen LogP contribution in [0.1, 0.15) is 22.3 Å². The first-order valence-electron chi connectivity index (χ1n) is 3.92. The predicted molar refractivity (Wildman–Crippen MR) is 50.2 cm³/mol. The van der Waals surface area contributed by atoms with Crippen molar-refractivity contribution in [2.75, 3.05) is 12.8 Å². The molecule has 4 nitrogen and oxygen atoms in total. The lowest BCUT2D eigenvalue weighted by atomic mass is 10.1. The van der Waals surface area contributed by atoms with E-state index >= 15 is 0 Å². The van der Waals surface area contributed by atoms with Crippen LogP contribution in [0.2, 0.25) is 0 Å². The molecule has 0 heterocycles. The van der Waals surface area contributed by atoms with E-state index in [4.69, 9.17) is 11.5 Å². The molecule has 0 bridgehead atoms. The van der Waals surface area contributed by atoms with E-state index in [2.05, 4.69) is 4.74 Å². The summed E-state index contributed by atoms with van der Waals surface area (Å²) in [6.45, 7) is 0. The highest BCUT2D eigenvalue weighted by atomic mass is 19.1. The molecule has 0 aliphatic carbocycles. The summed E-state index contributed by atoms with van der Waals surface area (Å²) < 4.78 is 17.6. The Kier molecular flexibility index (Phi) is 3.03. The quantitative estimate of drug-likeness (QED) is 0.710. The number of nitrogen functional groups attached to an aromatic ring is 1. The van der Waals surface area contributed by atoms with Gasteiger partial charge in [-0.2, -0.15) is 0 Å². The highest BCUT2D eigenvalue weighted by Gasteiger charge is 2.16. The number of hydrogen-bond acceptors (Lipinski definition) is 3. The third-order valence-corrected chi connectivity index (χ3v) is 1.79. The third kappa shape index (κ3) is 2.00. The van der Waals surface area contributed by atoms with Crippen molar-refractivity contribution in [2.24, 2.45) is 5.73 Å². The summed E-state index contributed by atoms with van der Waals surface area (Å²) in [7, 11) is 1.19. The maximum Gasteiger partial charge on any atom is 0.249 e. The molecule has 1 aromatic rings. The topological polar surface area (TPSA) is 78.3 Å². The van der Waals surface area contributed by atoms with E-state index in [1.54, 1.807) is 0 Å². The molecule has 0 radical (unpaired) electrons. The molecule has 0 saturated heterocycles. The number of nitrogens with two attached hydrogens (primary N) is 2. The summed E-state index contributed by atoms with van der Waals surface area (Å²) in [6.07, 6.45) is -1.69. The van der Waals surface area contributed by atoms with Gasteiger partial charge in [-0.1, -0.05) is 0 Å².